The van der Waals surface area contributed by atoms with E-state index in [1.165, 1.54) is 11.1 Å². The molecule has 3 rings (SSSR count). The van der Waals surface area contributed by atoms with E-state index in [9.17, 15) is 8.42 Å². The predicted octanol–water partition coefficient (Wildman–Crippen LogP) is 2.69. The van der Waals surface area contributed by atoms with Crippen LogP contribution in [-0.4, -0.2) is 27.0 Å². The molecule has 28 heavy (non-hydrogen) atoms. The lowest BCUT2D eigenvalue weighted by molar-refractivity contribution is 0.581. The monoisotopic (exact) mass is 400 g/mol. The van der Waals surface area contributed by atoms with Crippen molar-refractivity contribution >= 4 is 16.0 Å². The molecule has 1 saturated carbocycles. The van der Waals surface area contributed by atoms with Crippen LogP contribution in [0.1, 0.15) is 36.5 Å². The van der Waals surface area contributed by atoms with E-state index in [0.717, 1.165) is 30.9 Å². The van der Waals surface area contributed by atoms with Gasteiger partial charge in [0.25, 0.3) is 0 Å². The van der Waals surface area contributed by atoms with Crippen molar-refractivity contribution in [2.24, 2.45) is 4.99 Å². The SMILES string of the molecule is CCNC(=NCc1ccc(S(=O)(=O)NC2CC2)cc1)NCc1ccccc1C. The Kier molecular flexibility index (Phi) is 6.70. The van der Waals surface area contributed by atoms with Gasteiger partial charge < -0.3 is 10.6 Å². The van der Waals surface area contributed by atoms with Gasteiger partial charge in [-0.15, -0.1) is 0 Å². The molecule has 0 atom stereocenters. The van der Waals surface area contributed by atoms with Gasteiger partial charge in [0, 0.05) is 19.1 Å². The summed E-state index contributed by atoms with van der Waals surface area (Å²) in [6.45, 7) is 6.05. The second-order valence-corrected chi connectivity index (χ2v) is 8.73. The summed E-state index contributed by atoms with van der Waals surface area (Å²) in [4.78, 5) is 4.91. The van der Waals surface area contributed by atoms with E-state index in [0.29, 0.717) is 18.0 Å². The number of nitrogens with one attached hydrogen (secondary N) is 3. The van der Waals surface area contributed by atoms with Gasteiger partial charge in [-0.3, -0.25) is 0 Å². The Morgan fingerprint density at radius 1 is 1.07 bits per heavy atom. The van der Waals surface area contributed by atoms with Gasteiger partial charge >= 0.3 is 0 Å². The standard InChI is InChI=1S/C21H28N4O2S/c1-3-22-21(24-15-18-7-5-4-6-16(18)2)23-14-17-8-12-20(13-9-17)28(26,27)25-19-10-11-19/h4-9,12-13,19,25H,3,10-11,14-15H2,1-2H3,(H2,22,23,24). The van der Waals surface area contributed by atoms with Crippen LogP contribution in [-0.2, 0) is 23.1 Å². The summed E-state index contributed by atoms with van der Waals surface area (Å²) in [6.07, 6.45) is 1.85. The van der Waals surface area contributed by atoms with E-state index in [2.05, 4.69) is 39.4 Å². The molecule has 0 aromatic heterocycles. The normalized spacial score (nSPS) is 14.7. The van der Waals surface area contributed by atoms with Gasteiger partial charge in [-0.2, -0.15) is 0 Å². The molecule has 1 aliphatic rings. The molecule has 1 aliphatic carbocycles. The fourth-order valence-electron chi connectivity index (χ4n) is 2.76. The van der Waals surface area contributed by atoms with Gasteiger partial charge in [0.05, 0.1) is 11.4 Å². The van der Waals surface area contributed by atoms with E-state index >= 15 is 0 Å². The third-order valence-electron chi connectivity index (χ3n) is 4.60. The molecule has 0 unspecified atom stereocenters. The van der Waals surface area contributed by atoms with Gasteiger partial charge in [-0.1, -0.05) is 36.4 Å². The smallest absolute Gasteiger partial charge is 0.240 e. The number of guanidine groups is 1. The third-order valence-corrected chi connectivity index (χ3v) is 6.14. The van der Waals surface area contributed by atoms with Crippen LogP contribution in [0.2, 0.25) is 0 Å². The minimum Gasteiger partial charge on any atom is -0.357 e. The zero-order chi connectivity index (χ0) is 20.0. The summed E-state index contributed by atoms with van der Waals surface area (Å²) >= 11 is 0. The number of aryl methyl sites for hydroxylation is 1. The quantitative estimate of drug-likeness (QED) is 0.470. The summed E-state index contributed by atoms with van der Waals surface area (Å²) in [6, 6.07) is 15.3. The second-order valence-electron chi connectivity index (χ2n) is 7.01. The molecule has 0 saturated heterocycles. The van der Waals surface area contributed by atoms with Crippen LogP contribution in [0.25, 0.3) is 0 Å². The number of aliphatic imine (C=N–C) groups is 1. The summed E-state index contributed by atoms with van der Waals surface area (Å²) in [5, 5.41) is 6.58. The topological polar surface area (TPSA) is 82.6 Å². The van der Waals surface area contributed by atoms with Crippen molar-refractivity contribution < 1.29 is 8.42 Å². The first kappa shape index (κ1) is 20.4. The Morgan fingerprint density at radius 3 is 2.43 bits per heavy atom. The molecule has 0 radical (unpaired) electrons. The highest BCUT2D eigenvalue weighted by Crippen LogP contribution is 2.22. The van der Waals surface area contributed by atoms with Crippen molar-refractivity contribution in [3.8, 4) is 0 Å². The Hall–Kier alpha value is -2.38. The molecule has 7 heteroatoms. The van der Waals surface area contributed by atoms with Gasteiger partial charge in [0.2, 0.25) is 10.0 Å². The maximum absolute atomic E-state index is 12.2. The van der Waals surface area contributed by atoms with Crippen LogP contribution in [0.4, 0.5) is 0 Å². The van der Waals surface area contributed by atoms with Crippen molar-refractivity contribution in [3.05, 3.63) is 65.2 Å². The number of sulfonamides is 1. The Labute approximate surface area is 167 Å². The van der Waals surface area contributed by atoms with Gasteiger partial charge in [0.15, 0.2) is 5.96 Å². The molecular formula is C21H28N4O2S. The molecule has 2 aromatic rings. The van der Waals surface area contributed by atoms with Crippen molar-refractivity contribution in [1.29, 1.82) is 0 Å². The van der Waals surface area contributed by atoms with E-state index in [4.69, 9.17) is 0 Å². The fourth-order valence-corrected chi connectivity index (χ4v) is 4.07. The van der Waals surface area contributed by atoms with Crippen LogP contribution < -0.4 is 15.4 Å². The highest BCUT2D eigenvalue weighted by molar-refractivity contribution is 7.89. The van der Waals surface area contributed by atoms with E-state index < -0.39 is 10.0 Å². The first-order valence-corrected chi connectivity index (χ1v) is 11.1. The number of hydrogen-bond acceptors (Lipinski definition) is 3. The lowest BCUT2D eigenvalue weighted by atomic mass is 10.1. The first-order chi connectivity index (χ1) is 13.5. The van der Waals surface area contributed by atoms with Gasteiger partial charge in [-0.25, -0.2) is 18.1 Å². The molecule has 6 nitrogen and oxygen atoms in total. The average Bonchev–Trinajstić information content (AvgIpc) is 3.49. The highest BCUT2D eigenvalue weighted by atomic mass is 32.2. The Bertz CT molecular complexity index is 920. The van der Waals surface area contributed by atoms with Crippen LogP contribution in [0.5, 0.6) is 0 Å². The van der Waals surface area contributed by atoms with Crippen LogP contribution in [0, 0.1) is 6.92 Å². The van der Waals surface area contributed by atoms with Crippen LogP contribution in [0.15, 0.2) is 58.4 Å². The Balaban J connectivity index is 1.61. The lowest BCUT2D eigenvalue weighted by Gasteiger charge is -2.13. The zero-order valence-electron chi connectivity index (χ0n) is 16.4. The minimum atomic E-state index is -3.41. The van der Waals surface area contributed by atoms with Crippen molar-refractivity contribution in [2.75, 3.05) is 6.54 Å². The van der Waals surface area contributed by atoms with Crippen molar-refractivity contribution in [3.63, 3.8) is 0 Å². The number of rotatable bonds is 8. The molecule has 150 valence electrons. The van der Waals surface area contributed by atoms with E-state index in [-0.39, 0.29) is 6.04 Å². The highest BCUT2D eigenvalue weighted by Gasteiger charge is 2.27. The fraction of sp³-hybridized carbons (Fsp3) is 0.381. The molecule has 2 aromatic carbocycles. The number of benzene rings is 2. The predicted molar refractivity (Wildman–Crippen MR) is 113 cm³/mol. The van der Waals surface area contributed by atoms with E-state index in [1.807, 2.05) is 31.2 Å². The van der Waals surface area contributed by atoms with Crippen LogP contribution in [0.3, 0.4) is 0 Å². The molecule has 0 amide bonds. The molecule has 3 N–H and O–H groups in total. The minimum absolute atomic E-state index is 0.108. The molecule has 0 heterocycles. The molecule has 0 aliphatic heterocycles. The van der Waals surface area contributed by atoms with E-state index in [1.54, 1.807) is 12.1 Å². The molecule has 0 spiro atoms. The van der Waals surface area contributed by atoms with Crippen molar-refractivity contribution in [1.82, 2.24) is 15.4 Å². The number of nitrogens with zero attached hydrogens (tertiary/aromatic N) is 1. The third kappa shape index (κ3) is 5.81. The lowest BCUT2D eigenvalue weighted by Crippen LogP contribution is -2.36. The summed E-state index contributed by atoms with van der Waals surface area (Å²) < 4.78 is 27.2. The average molecular weight is 401 g/mol. The van der Waals surface area contributed by atoms with Gasteiger partial charge in [-0.05, 0) is 55.5 Å². The van der Waals surface area contributed by atoms with Crippen molar-refractivity contribution in [2.45, 2.75) is 50.7 Å². The zero-order valence-corrected chi connectivity index (χ0v) is 17.2. The first-order valence-electron chi connectivity index (χ1n) is 9.66. The second kappa shape index (κ2) is 9.21. The molecular weight excluding hydrogens is 372 g/mol. The largest absolute Gasteiger partial charge is 0.357 e. The summed E-state index contributed by atoms with van der Waals surface area (Å²) in [7, 11) is -3.41. The summed E-state index contributed by atoms with van der Waals surface area (Å²) in [5.41, 5.74) is 3.42. The molecule has 1 fully saturated rings. The maximum atomic E-state index is 12.2. The van der Waals surface area contributed by atoms with Gasteiger partial charge in [0.1, 0.15) is 0 Å². The van der Waals surface area contributed by atoms with Crippen LogP contribution >= 0.6 is 0 Å². The molecule has 0 bridgehead atoms. The number of hydrogen-bond donors (Lipinski definition) is 3. The maximum Gasteiger partial charge on any atom is 0.240 e. The Morgan fingerprint density at radius 2 is 1.79 bits per heavy atom. The summed E-state index contributed by atoms with van der Waals surface area (Å²) in [5.74, 6) is 0.734.